The molecule has 0 fully saturated rings. The van der Waals surface area contributed by atoms with Crippen LogP contribution >= 0.6 is 11.6 Å². The highest BCUT2D eigenvalue weighted by molar-refractivity contribution is 6.30. The molecule has 0 aliphatic carbocycles. The molecule has 0 unspecified atom stereocenters. The van der Waals surface area contributed by atoms with E-state index in [-0.39, 0.29) is 6.54 Å². The van der Waals surface area contributed by atoms with Gasteiger partial charge in [0.15, 0.2) is 0 Å². The minimum Gasteiger partial charge on any atom is -0.205 e. The first-order chi connectivity index (χ1) is 12.8. The number of hydrogen-bond acceptors (Lipinski definition) is 2. The van der Waals surface area contributed by atoms with E-state index in [0.717, 1.165) is 22.3 Å². The SMILES string of the molecule is [N-]=[N+]=NCc1cc(Cl)ccc1N=C=C(c1ccccc1)c1ccccc1. The Morgan fingerprint density at radius 2 is 1.54 bits per heavy atom. The zero-order valence-electron chi connectivity index (χ0n) is 13.9. The summed E-state index contributed by atoms with van der Waals surface area (Å²) < 4.78 is 0. The molecular formula is C21H15ClN4. The highest BCUT2D eigenvalue weighted by Crippen LogP contribution is 2.25. The number of nitrogens with zero attached hydrogens (tertiary/aromatic N) is 4. The van der Waals surface area contributed by atoms with Gasteiger partial charge < -0.3 is 0 Å². The predicted octanol–water partition coefficient (Wildman–Crippen LogP) is 6.58. The average Bonchev–Trinajstić information content (AvgIpc) is 2.69. The summed E-state index contributed by atoms with van der Waals surface area (Å²) in [5, 5.41) is 4.19. The fourth-order valence-electron chi connectivity index (χ4n) is 2.52. The number of azide groups is 1. The Morgan fingerprint density at radius 3 is 2.12 bits per heavy atom. The third kappa shape index (κ3) is 4.41. The van der Waals surface area contributed by atoms with E-state index in [1.807, 2.05) is 60.7 Å². The second kappa shape index (κ2) is 8.70. The summed E-state index contributed by atoms with van der Waals surface area (Å²) in [7, 11) is 0. The van der Waals surface area contributed by atoms with Gasteiger partial charge in [0.25, 0.3) is 0 Å². The summed E-state index contributed by atoms with van der Waals surface area (Å²) in [6, 6.07) is 25.3. The van der Waals surface area contributed by atoms with E-state index in [1.54, 1.807) is 18.2 Å². The molecule has 0 radical (unpaired) electrons. The van der Waals surface area contributed by atoms with Crippen molar-refractivity contribution in [3.8, 4) is 0 Å². The molecule has 0 heterocycles. The molecule has 0 atom stereocenters. The Balaban J connectivity index is 2.13. The minimum absolute atomic E-state index is 0.184. The highest BCUT2D eigenvalue weighted by atomic mass is 35.5. The monoisotopic (exact) mass is 358 g/mol. The molecule has 0 bridgehead atoms. The Labute approximate surface area is 156 Å². The van der Waals surface area contributed by atoms with Crippen molar-refractivity contribution in [3.05, 3.63) is 111 Å². The van der Waals surface area contributed by atoms with Gasteiger partial charge in [0.05, 0.1) is 17.8 Å². The van der Waals surface area contributed by atoms with Gasteiger partial charge in [0, 0.05) is 9.93 Å². The molecule has 0 aliphatic heterocycles. The predicted molar refractivity (Wildman–Crippen MR) is 107 cm³/mol. The maximum atomic E-state index is 8.58. The minimum atomic E-state index is 0.184. The van der Waals surface area contributed by atoms with Crippen molar-refractivity contribution < 1.29 is 0 Å². The fourth-order valence-corrected chi connectivity index (χ4v) is 2.71. The van der Waals surface area contributed by atoms with Gasteiger partial charge in [-0.2, -0.15) is 0 Å². The number of aliphatic imine (C=N–C) groups is 1. The molecule has 0 aromatic heterocycles. The highest BCUT2D eigenvalue weighted by Gasteiger charge is 2.05. The normalized spacial score (nSPS) is 9.73. The molecule has 126 valence electrons. The molecular weight excluding hydrogens is 344 g/mol. The zero-order chi connectivity index (χ0) is 18.2. The van der Waals surface area contributed by atoms with Crippen LogP contribution in [0.1, 0.15) is 16.7 Å². The topological polar surface area (TPSA) is 61.1 Å². The smallest absolute Gasteiger partial charge is 0.0764 e. The molecule has 3 aromatic rings. The number of halogens is 1. The van der Waals surface area contributed by atoms with Crippen molar-refractivity contribution in [3.63, 3.8) is 0 Å². The van der Waals surface area contributed by atoms with Crippen LogP contribution in [0.2, 0.25) is 5.02 Å². The van der Waals surface area contributed by atoms with Crippen LogP contribution in [0.4, 0.5) is 5.69 Å². The van der Waals surface area contributed by atoms with Crippen molar-refractivity contribution in [2.75, 3.05) is 0 Å². The van der Waals surface area contributed by atoms with Gasteiger partial charge in [0.2, 0.25) is 0 Å². The van der Waals surface area contributed by atoms with E-state index >= 15 is 0 Å². The molecule has 3 aromatic carbocycles. The quantitative estimate of drug-likeness (QED) is 0.214. The maximum absolute atomic E-state index is 8.58. The van der Waals surface area contributed by atoms with Gasteiger partial charge in [-0.3, -0.25) is 0 Å². The largest absolute Gasteiger partial charge is 0.205 e. The van der Waals surface area contributed by atoms with Crippen molar-refractivity contribution in [1.29, 1.82) is 0 Å². The number of hydrogen-bond donors (Lipinski definition) is 0. The van der Waals surface area contributed by atoms with Gasteiger partial charge in [-0.15, -0.1) is 0 Å². The molecule has 0 spiro atoms. The molecule has 0 aliphatic rings. The summed E-state index contributed by atoms with van der Waals surface area (Å²) in [6.45, 7) is 0.184. The lowest BCUT2D eigenvalue weighted by molar-refractivity contribution is 1.05. The van der Waals surface area contributed by atoms with Crippen molar-refractivity contribution in [2.24, 2.45) is 10.1 Å². The summed E-state index contributed by atoms with van der Waals surface area (Å²) in [4.78, 5) is 7.33. The first-order valence-corrected chi connectivity index (χ1v) is 8.39. The van der Waals surface area contributed by atoms with Crippen molar-refractivity contribution in [1.82, 2.24) is 0 Å². The molecule has 4 nitrogen and oxygen atoms in total. The van der Waals surface area contributed by atoms with Crippen LogP contribution in [-0.4, -0.2) is 5.87 Å². The Hall–Kier alpha value is -3.29. The molecule has 3 rings (SSSR count). The van der Waals surface area contributed by atoms with E-state index in [0.29, 0.717) is 10.7 Å². The van der Waals surface area contributed by atoms with Crippen LogP contribution in [-0.2, 0) is 6.54 Å². The molecule has 26 heavy (non-hydrogen) atoms. The van der Waals surface area contributed by atoms with Gasteiger partial charge in [-0.25, -0.2) is 4.99 Å². The second-order valence-corrected chi connectivity index (χ2v) is 5.93. The van der Waals surface area contributed by atoms with E-state index in [4.69, 9.17) is 17.1 Å². The van der Waals surface area contributed by atoms with Crippen molar-refractivity contribution >= 4 is 28.7 Å². The summed E-state index contributed by atoms with van der Waals surface area (Å²) >= 11 is 6.05. The van der Waals surface area contributed by atoms with Crippen LogP contribution in [0, 0.1) is 0 Å². The number of rotatable bonds is 5. The first kappa shape index (κ1) is 17.5. The summed E-state index contributed by atoms with van der Waals surface area (Å²) in [5.74, 6) is 3.17. The lowest BCUT2D eigenvalue weighted by Crippen LogP contribution is -1.88. The van der Waals surface area contributed by atoms with Gasteiger partial charge >= 0.3 is 0 Å². The van der Waals surface area contributed by atoms with Crippen LogP contribution in [0.5, 0.6) is 0 Å². The Kier molecular flexibility index (Phi) is 5.87. The molecule has 5 heteroatoms. The van der Waals surface area contributed by atoms with Gasteiger partial charge in [-0.05, 0) is 46.3 Å². The standard InChI is InChI=1S/C21H15ClN4/c22-19-11-12-21(18(13-19)14-25-26-23)24-15-20(16-7-3-1-4-8-16)17-9-5-2-6-10-17/h1-13H,14H2. The fraction of sp³-hybridized carbons (Fsp3) is 0.0476. The van der Waals surface area contributed by atoms with E-state index in [2.05, 4.69) is 20.9 Å². The molecule has 0 N–H and O–H groups in total. The van der Waals surface area contributed by atoms with Crippen LogP contribution < -0.4 is 0 Å². The number of benzene rings is 3. The van der Waals surface area contributed by atoms with E-state index < -0.39 is 0 Å². The summed E-state index contributed by atoms with van der Waals surface area (Å²) in [5.41, 5.74) is 12.9. The van der Waals surface area contributed by atoms with Gasteiger partial charge in [0.1, 0.15) is 0 Å². The first-order valence-electron chi connectivity index (χ1n) is 8.02. The second-order valence-electron chi connectivity index (χ2n) is 5.49. The van der Waals surface area contributed by atoms with Crippen LogP contribution in [0.15, 0.2) is 89.0 Å². The van der Waals surface area contributed by atoms with E-state index in [1.165, 1.54) is 0 Å². The molecule has 0 saturated heterocycles. The van der Waals surface area contributed by atoms with Gasteiger partial charge in [-0.1, -0.05) is 77.4 Å². The Bertz CT molecular complexity index is 959. The lowest BCUT2D eigenvalue weighted by Gasteiger charge is -2.05. The van der Waals surface area contributed by atoms with Crippen LogP contribution in [0.3, 0.4) is 0 Å². The van der Waals surface area contributed by atoms with Crippen LogP contribution in [0.25, 0.3) is 16.0 Å². The third-order valence-electron chi connectivity index (χ3n) is 3.76. The third-order valence-corrected chi connectivity index (χ3v) is 3.99. The van der Waals surface area contributed by atoms with E-state index in [9.17, 15) is 0 Å². The zero-order valence-corrected chi connectivity index (χ0v) is 14.6. The lowest BCUT2D eigenvalue weighted by atomic mass is 9.99. The molecule has 0 amide bonds. The van der Waals surface area contributed by atoms with Crippen molar-refractivity contribution in [2.45, 2.75) is 6.54 Å². The Morgan fingerprint density at radius 1 is 0.923 bits per heavy atom. The summed E-state index contributed by atoms with van der Waals surface area (Å²) in [6.07, 6.45) is 0. The average molecular weight is 359 g/mol. The maximum Gasteiger partial charge on any atom is 0.0764 e. The molecule has 0 saturated carbocycles.